The van der Waals surface area contributed by atoms with Crippen molar-refractivity contribution in [1.82, 2.24) is 5.32 Å². The number of hydrogen-bond donors (Lipinski definition) is 1. The lowest BCUT2D eigenvalue weighted by molar-refractivity contribution is -0.176. The number of fused-ring (bicyclic) bond motifs is 2. The predicted molar refractivity (Wildman–Crippen MR) is 65.4 cm³/mol. The van der Waals surface area contributed by atoms with E-state index in [1.54, 1.807) is 0 Å². The van der Waals surface area contributed by atoms with Gasteiger partial charge in [-0.15, -0.1) is 0 Å². The molecule has 0 radical (unpaired) electrons. The summed E-state index contributed by atoms with van der Waals surface area (Å²) in [5, 5.41) is 3.85. The van der Waals surface area contributed by atoms with Crippen molar-refractivity contribution in [2.75, 3.05) is 13.2 Å². The molecule has 2 aliphatic carbocycles. The van der Waals surface area contributed by atoms with Gasteiger partial charge in [0.25, 0.3) is 0 Å². The maximum atomic E-state index is 5.93. The van der Waals surface area contributed by atoms with Gasteiger partial charge in [0.1, 0.15) is 0 Å². The fourth-order valence-electron chi connectivity index (χ4n) is 4.03. The van der Waals surface area contributed by atoms with E-state index in [4.69, 9.17) is 4.74 Å². The van der Waals surface area contributed by atoms with Gasteiger partial charge in [-0.25, -0.2) is 0 Å². The number of hydrogen-bond acceptors (Lipinski definition) is 2. The smallest absolute Gasteiger partial charge is 0.0690 e. The molecule has 0 aromatic carbocycles. The highest BCUT2D eigenvalue weighted by Crippen LogP contribution is 2.62. The molecule has 1 heterocycles. The van der Waals surface area contributed by atoms with Gasteiger partial charge in [-0.2, -0.15) is 0 Å². The summed E-state index contributed by atoms with van der Waals surface area (Å²) < 4.78 is 5.93. The van der Waals surface area contributed by atoms with E-state index in [-0.39, 0.29) is 0 Å². The van der Waals surface area contributed by atoms with Crippen LogP contribution in [0.5, 0.6) is 0 Å². The molecule has 3 aliphatic rings. The van der Waals surface area contributed by atoms with E-state index in [0.29, 0.717) is 11.5 Å². The minimum atomic E-state index is 0.564. The quantitative estimate of drug-likeness (QED) is 0.791. The normalized spacial score (nSPS) is 41.2. The van der Waals surface area contributed by atoms with Gasteiger partial charge in [0, 0.05) is 24.0 Å². The summed E-state index contributed by atoms with van der Waals surface area (Å²) in [6, 6.07) is 0.780. The molecule has 1 aliphatic heterocycles. The first-order chi connectivity index (χ1) is 7.78. The molecule has 3 rings (SSSR count). The first-order valence-corrected chi connectivity index (χ1v) is 7.13. The Bertz CT molecular complexity index is 261. The van der Waals surface area contributed by atoms with Crippen molar-refractivity contribution < 1.29 is 4.74 Å². The van der Waals surface area contributed by atoms with Crippen molar-refractivity contribution in [2.24, 2.45) is 17.3 Å². The fraction of sp³-hybridized carbons (Fsp3) is 1.00. The van der Waals surface area contributed by atoms with Crippen LogP contribution in [-0.2, 0) is 4.74 Å². The third kappa shape index (κ3) is 1.39. The molecule has 0 amide bonds. The largest absolute Gasteiger partial charge is 0.377 e. The van der Waals surface area contributed by atoms with Crippen LogP contribution in [0.3, 0.4) is 0 Å². The Morgan fingerprint density at radius 1 is 1.44 bits per heavy atom. The Labute approximate surface area is 99.1 Å². The van der Waals surface area contributed by atoms with Crippen molar-refractivity contribution in [2.45, 2.75) is 58.1 Å². The maximum absolute atomic E-state index is 5.93. The molecule has 92 valence electrons. The summed E-state index contributed by atoms with van der Waals surface area (Å²) in [5.74, 6) is 1.66. The van der Waals surface area contributed by atoms with Crippen LogP contribution in [0.2, 0.25) is 0 Å². The van der Waals surface area contributed by atoms with E-state index in [0.717, 1.165) is 24.5 Å². The highest BCUT2D eigenvalue weighted by atomic mass is 16.5. The minimum absolute atomic E-state index is 0.564. The molecule has 4 atom stereocenters. The van der Waals surface area contributed by atoms with Crippen LogP contribution in [0.4, 0.5) is 0 Å². The average Bonchev–Trinajstić information content (AvgIpc) is 2.61. The molecule has 0 bridgehead atoms. The molecule has 2 saturated carbocycles. The molecular formula is C14H25NO. The summed E-state index contributed by atoms with van der Waals surface area (Å²) >= 11 is 0. The Morgan fingerprint density at radius 2 is 2.25 bits per heavy atom. The van der Waals surface area contributed by atoms with Gasteiger partial charge in [-0.1, -0.05) is 26.7 Å². The SMILES string of the molecule is CCC(C)CNC1C2CCOC2C12CCC2. The topological polar surface area (TPSA) is 21.3 Å². The van der Waals surface area contributed by atoms with Crippen LogP contribution in [0.15, 0.2) is 0 Å². The second-order valence-corrected chi connectivity index (χ2v) is 6.23. The Balaban J connectivity index is 1.61. The van der Waals surface area contributed by atoms with Gasteiger partial charge < -0.3 is 10.1 Å². The predicted octanol–water partition coefficient (Wildman–Crippen LogP) is 2.58. The molecule has 1 saturated heterocycles. The Morgan fingerprint density at radius 3 is 2.88 bits per heavy atom. The Hall–Kier alpha value is -0.0800. The van der Waals surface area contributed by atoms with Gasteiger partial charge in [-0.3, -0.25) is 0 Å². The van der Waals surface area contributed by atoms with E-state index >= 15 is 0 Å². The van der Waals surface area contributed by atoms with Crippen molar-refractivity contribution in [3.05, 3.63) is 0 Å². The lowest BCUT2D eigenvalue weighted by atomic mass is 9.46. The molecular weight excluding hydrogens is 198 g/mol. The second kappa shape index (κ2) is 3.99. The van der Waals surface area contributed by atoms with Crippen LogP contribution in [-0.4, -0.2) is 25.3 Å². The highest BCUT2D eigenvalue weighted by molar-refractivity contribution is 5.18. The molecule has 0 aromatic heterocycles. The molecule has 16 heavy (non-hydrogen) atoms. The van der Waals surface area contributed by atoms with Crippen LogP contribution < -0.4 is 5.32 Å². The number of nitrogens with one attached hydrogen (secondary N) is 1. The molecule has 0 aromatic rings. The standard InChI is InChI=1S/C14H25NO/c1-3-10(2)9-15-12-11-5-8-16-13(11)14(12)6-4-7-14/h10-13,15H,3-9H2,1-2H3. The fourth-order valence-corrected chi connectivity index (χ4v) is 4.03. The van der Waals surface area contributed by atoms with Gasteiger partial charge in [-0.05, 0) is 31.7 Å². The molecule has 1 N–H and O–H groups in total. The number of ether oxygens (including phenoxy) is 1. The maximum Gasteiger partial charge on any atom is 0.0690 e. The molecule has 4 unspecified atom stereocenters. The monoisotopic (exact) mass is 223 g/mol. The molecule has 2 heteroatoms. The average molecular weight is 223 g/mol. The first kappa shape index (κ1) is 11.0. The van der Waals surface area contributed by atoms with Crippen molar-refractivity contribution in [1.29, 1.82) is 0 Å². The van der Waals surface area contributed by atoms with Gasteiger partial charge in [0.2, 0.25) is 0 Å². The van der Waals surface area contributed by atoms with Crippen LogP contribution in [0.1, 0.15) is 46.0 Å². The zero-order valence-electron chi connectivity index (χ0n) is 10.7. The van der Waals surface area contributed by atoms with Crippen LogP contribution in [0, 0.1) is 17.3 Å². The third-order valence-corrected chi connectivity index (χ3v) is 5.42. The lowest BCUT2D eigenvalue weighted by Gasteiger charge is -2.63. The molecule has 1 spiro atoms. The summed E-state index contributed by atoms with van der Waals surface area (Å²) in [5.41, 5.74) is 0.564. The van der Waals surface area contributed by atoms with Crippen LogP contribution >= 0.6 is 0 Å². The second-order valence-electron chi connectivity index (χ2n) is 6.23. The van der Waals surface area contributed by atoms with Gasteiger partial charge in [0.15, 0.2) is 0 Å². The van der Waals surface area contributed by atoms with Gasteiger partial charge in [0.05, 0.1) is 6.10 Å². The highest BCUT2D eigenvalue weighted by Gasteiger charge is 2.66. The summed E-state index contributed by atoms with van der Waals surface area (Å²) in [7, 11) is 0. The van der Waals surface area contributed by atoms with Crippen molar-refractivity contribution >= 4 is 0 Å². The molecule has 2 nitrogen and oxygen atoms in total. The first-order valence-electron chi connectivity index (χ1n) is 7.13. The van der Waals surface area contributed by atoms with E-state index in [1.165, 1.54) is 38.6 Å². The van der Waals surface area contributed by atoms with Crippen LogP contribution in [0.25, 0.3) is 0 Å². The van der Waals surface area contributed by atoms with E-state index < -0.39 is 0 Å². The Kier molecular flexibility index (Phi) is 2.75. The summed E-state index contributed by atoms with van der Waals surface area (Å²) in [4.78, 5) is 0. The lowest BCUT2D eigenvalue weighted by Crippen LogP contribution is -2.71. The summed E-state index contributed by atoms with van der Waals surface area (Å²) in [6.45, 7) is 6.85. The summed E-state index contributed by atoms with van der Waals surface area (Å²) in [6.07, 6.45) is 7.45. The number of rotatable bonds is 4. The van der Waals surface area contributed by atoms with E-state index in [9.17, 15) is 0 Å². The zero-order chi connectivity index (χ0) is 11.2. The van der Waals surface area contributed by atoms with E-state index in [2.05, 4.69) is 19.2 Å². The van der Waals surface area contributed by atoms with E-state index in [1.807, 2.05) is 0 Å². The van der Waals surface area contributed by atoms with Crippen molar-refractivity contribution in [3.8, 4) is 0 Å². The minimum Gasteiger partial charge on any atom is -0.377 e. The zero-order valence-corrected chi connectivity index (χ0v) is 10.7. The van der Waals surface area contributed by atoms with Crippen molar-refractivity contribution in [3.63, 3.8) is 0 Å². The third-order valence-electron chi connectivity index (χ3n) is 5.42. The van der Waals surface area contributed by atoms with Gasteiger partial charge >= 0.3 is 0 Å². The molecule has 3 fully saturated rings.